The largest absolute Gasteiger partial charge is 0.472 e. The number of nitrogens with one attached hydrogen (secondary N) is 1. The van der Waals surface area contributed by atoms with E-state index in [4.69, 9.17) is 9.05 Å². The van der Waals surface area contributed by atoms with Crippen molar-refractivity contribution in [2.24, 2.45) is 0 Å². The minimum atomic E-state index is -4.31. The van der Waals surface area contributed by atoms with Crippen molar-refractivity contribution in [2.75, 3.05) is 40.9 Å². The number of rotatable bonds is 30. The number of carbonyl (C=O) groups is 1. The predicted molar refractivity (Wildman–Crippen MR) is 184 cm³/mol. The van der Waals surface area contributed by atoms with Crippen LogP contribution < -0.4 is 5.32 Å². The maximum absolute atomic E-state index is 12.7. The summed E-state index contributed by atoms with van der Waals surface area (Å²) in [6, 6.07) is -0.771. The van der Waals surface area contributed by atoms with Gasteiger partial charge in [0.05, 0.1) is 39.9 Å². The number of hydrogen-bond acceptors (Lipinski definition) is 5. The highest BCUT2D eigenvalue weighted by atomic mass is 31.2. The fraction of sp³-hybridized carbons (Fsp3) is 0.800. The van der Waals surface area contributed by atoms with Gasteiger partial charge in [0.25, 0.3) is 0 Å². The molecule has 3 N–H and O–H groups in total. The van der Waals surface area contributed by atoms with Crippen LogP contribution in [-0.4, -0.2) is 73.4 Å². The van der Waals surface area contributed by atoms with Crippen LogP contribution in [0.1, 0.15) is 129 Å². The molecule has 0 fully saturated rings. The van der Waals surface area contributed by atoms with Crippen molar-refractivity contribution in [3.8, 4) is 0 Å². The Morgan fingerprint density at radius 1 is 0.795 bits per heavy atom. The monoisotopic (exact) mass is 643 g/mol. The number of phosphoric ester groups is 1. The van der Waals surface area contributed by atoms with Gasteiger partial charge in [0, 0.05) is 6.42 Å². The highest BCUT2D eigenvalue weighted by molar-refractivity contribution is 7.47. The van der Waals surface area contributed by atoms with Gasteiger partial charge in [-0.25, -0.2) is 4.57 Å². The Labute approximate surface area is 270 Å². The summed E-state index contributed by atoms with van der Waals surface area (Å²) in [7, 11) is 1.58. The molecular weight excluding hydrogens is 575 g/mol. The number of hydrogen-bond donors (Lipinski definition) is 3. The number of nitrogens with zero attached hydrogens (tertiary/aromatic N) is 1. The molecule has 0 radical (unpaired) electrons. The van der Waals surface area contributed by atoms with Crippen molar-refractivity contribution in [1.82, 2.24) is 5.32 Å². The Morgan fingerprint density at radius 3 is 1.98 bits per heavy atom. The van der Waals surface area contributed by atoms with E-state index in [2.05, 4.69) is 55.6 Å². The zero-order chi connectivity index (χ0) is 32.9. The smallest absolute Gasteiger partial charge is 0.391 e. The van der Waals surface area contributed by atoms with Crippen LogP contribution in [0.2, 0.25) is 0 Å². The summed E-state index contributed by atoms with van der Waals surface area (Å²) in [6.45, 7) is 4.68. The van der Waals surface area contributed by atoms with E-state index < -0.39 is 20.0 Å². The van der Waals surface area contributed by atoms with E-state index in [9.17, 15) is 19.4 Å². The average Bonchev–Trinajstić information content (AvgIpc) is 2.95. The summed E-state index contributed by atoms with van der Waals surface area (Å²) in [6.07, 6.45) is 30.3. The van der Waals surface area contributed by atoms with E-state index in [0.717, 1.165) is 64.2 Å². The SMILES string of the molecule is CC/C=C\C/C=C\C/C=C\CCCCCC(=O)NC(COP(=O)(O)OCC[N+](C)(C)C)C(O)CCCCCCCCCCC. The second kappa shape index (κ2) is 28.0. The van der Waals surface area contributed by atoms with E-state index >= 15 is 0 Å². The number of phosphoric acid groups is 1. The third-order valence-corrected chi connectivity index (χ3v) is 8.39. The molecule has 0 aromatic heterocycles. The molecule has 0 aliphatic carbocycles. The van der Waals surface area contributed by atoms with Gasteiger partial charge >= 0.3 is 7.82 Å². The van der Waals surface area contributed by atoms with Crippen molar-refractivity contribution < 1.29 is 32.9 Å². The van der Waals surface area contributed by atoms with Gasteiger partial charge in [-0.3, -0.25) is 13.8 Å². The minimum Gasteiger partial charge on any atom is -0.391 e. The molecule has 1 amide bonds. The highest BCUT2D eigenvalue weighted by Gasteiger charge is 2.28. The van der Waals surface area contributed by atoms with Crippen LogP contribution in [0.4, 0.5) is 0 Å². The Balaban J connectivity index is 4.58. The van der Waals surface area contributed by atoms with Crippen LogP contribution in [0.25, 0.3) is 0 Å². The molecule has 0 aromatic rings. The standard InChI is InChI=1S/C35H67N2O6P/c1-6-8-10-12-14-16-17-18-19-21-23-25-27-29-35(39)36-33(32-43-44(40,41)42-31-30-37(3,4)5)34(38)28-26-24-22-20-15-13-11-9-7-2/h8,10,14,16,18-19,33-34,38H,6-7,9,11-13,15,17,20-32H2,1-5H3,(H-,36,39,40,41)/p+1/b10-8-,16-14-,19-18-. The van der Waals surface area contributed by atoms with Crippen LogP contribution in [-0.2, 0) is 18.4 Å². The van der Waals surface area contributed by atoms with Gasteiger partial charge in [-0.1, -0.05) is 115 Å². The lowest BCUT2D eigenvalue weighted by Crippen LogP contribution is -2.46. The quantitative estimate of drug-likeness (QED) is 0.0314. The van der Waals surface area contributed by atoms with E-state index in [0.29, 0.717) is 23.9 Å². The first kappa shape index (κ1) is 42.7. The summed E-state index contributed by atoms with van der Waals surface area (Å²) in [5, 5.41) is 13.8. The van der Waals surface area contributed by atoms with Gasteiger partial charge in [0.2, 0.25) is 5.91 Å². The number of unbranched alkanes of at least 4 members (excludes halogenated alkanes) is 11. The van der Waals surface area contributed by atoms with Gasteiger partial charge in [0.1, 0.15) is 13.2 Å². The van der Waals surface area contributed by atoms with Gasteiger partial charge in [-0.05, 0) is 44.9 Å². The van der Waals surface area contributed by atoms with Gasteiger partial charge in [-0.2, -0.15) is 0 Å². The first-order valence-electron chi connectivity index (χ1n) is 17.4. The van der Waals surface area contributed by atoms with Crippen molar-refractivity contribution in [3.63, 3.8) is 0 Å². The fourth-order valence-corrected chi connectivity index (χ4v) is 5.32. The molecule has 0 aromatic carbocycles. The molecule has 3 unspecified atom stereocenters. The predicted octanol–water partition coefficient (Wildman–Crippen LogP) is 8.40. The fourth-order valence-electron chi connectivity index (χ4n) is 4.59. The molecule has 0 saturated carbocycles. The highest BCUT2D eigenvalue weighted by Crippen LogP contribution is 2.43. The van der Waals surface area contributed by atoms with Crippen LogP contribution in [0.15, 0.2) is 36.5 Å². The van der Waals surface area contributed by atoms with Crippen LogP contribution in [0.3, 0.4) is 0 Å². The summed E-state index contributed by atoms with van der Waals surface area (Å²) in [4.78, 5) is 22.9. The van der Waals surface area contributed by atoms with Crippen molar-refractivity contribution in [3.05, 3.63) is 36.5 Å². The van der Waals surface area contributed by atoms with E-state index in [1.165, 1.54) is 38.5 Å². The third-order valence-electron chi connectivity index (χ3n) is 7.40. The maximum Gasteiger partial charge on any atom is 0.472 e. The molecule has 258 valence electrons. The van der Waals surface area contributed by atoms with Gasteiger partial charge < -0.3 is 19.8 Å². The summed E-state index contributed by atoms with van der Waals surface area (Å²) in [5.74, 6) is -0.179. The average molecular weight is 644 g/mol. The van der Waals surface area contributed by atoms with E-state index in [1.54, 1.807) is 0 Å². The number of quaternary nitrogens is 1. The van der Waals surface area contributed by atoms with Gasteiger partial charge in [0.15, 0.2) is 0 Å². The molecule has 0 spiro atoms. The number of likely N-dealkylation sites (N-methyl/N-ethyl adjacent to an activating group) is 1. The lowest BCUT2D eigenvalue weighted by Gasteiger charge is -2.26. The molecule has 0 aliphatic rings. The molecule has 0 bridgehead atoms. The number of carbonyl (C=O) groups excluding carboxylic acids is 1. The molecule has 8 nitrogen and oxygen atoms in total. The van der Waals surface area contributed by atoms with E-state index in [1.807, 2.05) is 21.1 Å². The molecular formula is C35H68N2O6P+. The first-order valence-corrected chi connectivity index (χ1v) is 18.8. The second-order valence-electron chi connectivity index (χ2n) is 12.9. The summed E-state index contributed by atoms with van der Waals surface area (Å²) < 4.78 is 23.4. The Hall–Kier alpha value is -1.28. The Bertz CT molecular complexity index is 825. The van der Waals surface area contributed by atoms with Gasteiger partial charge in [-0.15, -0.1) is 0 Å². The normalized spacial score (nSPS) is 15.3. The summed E-state index contributed by atoms with van der Waals surface area (Å²) >= 11 is 0. The lowest BCUT2D eigenvalue weighted by atomic mass is 10.0. The van der Waals surface area contributed by atoms with Crippen molar-refractivity contribution in [1.29, 1.82) is 0 Å². The van der Waals surface area contributed by atoms with Crippen LogP contribution >= 0.6 is 7.82 Å². The van der Waals surface area contributed by atoms with E-state index in [-0.39, 0.29) is 19.1 Å². The molecule has 0 rings (SSSR count). The molecule has 0 heterocycles. The van der Waals surface area contributed by atoms with Crippen LogP contribution in [0, 0.1) is 0 Å². The van der Waals surface area contributed by atoms with Crippen molar-refractivity contribution in [2.45, 2.75) is 142 Å². The third kappa shape index (κ3) is 29.4. The maximum atomic E-state index is 12.7. The Morgan fingerprint density at radius 2 is 1.36 bits per heavy atom. The zero-order valence-corrected chi connectivity index (χ0v) is 29.8. The first-order chi connectivity index (χ1) is 21.0. The topological polar surface area (TPSA) is 105 Å². The number of aliphatic hydroxyl groups excluding tert-OH is 1. The number of allylic oxidation sites excluding steroid dienone is 6. The molecule has 0 saturated heterocycles. The lowest BCUT2D eigenvalue weighted by molar-refractivity contribution is -0.870. The molecule has 44 heavy (non-hydrogen) atoms. The molecule has 3 atom stereocenters. The molecule has 0 aliphatic heterocycles. The van der Waals surface area contributed by atoms with Crippen LogP contribution in [0.5, 0.6) is 0 Å². The van der Waals surface area contributed by atoms with Crippen molar-refractivity contribution >= 4 is 13.7 Å². The Kier molecular flexibility index (Phi) is 27.2. The second-order valence-corrected chi connectivity index (χ2v) is 14.3. The summed E-state index contributed by atoms with van der Waals surface area (Å²) in [5.41, 5.74) is 0. The number of amides is 1. The molecule has 9 heteroatoms. The zero-order valence-electron chi connectivity index (χ0n) is 28.9. The number of aliphatic hydroxyl groups is 1. The minimum absolute atomic E-state index is 0.0673.